The highest BCUT2D eigenvalue weighted by atomic mass is 35.5. The maximum atomic E-state index is 6.32. The topological polar surface area (TPSA) is 12.0 Å². The summed E-state index contributed by atoms with van der Waals surface area (Å²) in [5.74, 6) is 0. The number of allylic oxidation sites excluding steroid dienone is 1. The summed E-state index contributed by atoms with van der Waals surface area (Å²) in [5, 5.41) is 5.22. The molecule has 1 atom stereocenters. The number of benzene rings is 1. The van der Waals surface area contributed by atoms with Crippen LogP contribution in [-0.2, 0) is 6.42 Å². The minimum absolute atomic E-state index is 0.423. The molecule has 0 saturated heterocycles. The van der Waals surface area contributed by atoms with E-state index in [-0.39, 0.29) is 0 Å². The summed E-state index contributed by atoms with van der Waals surface area (Å²) in [6.07, 6.45) is 10.7. The van der Waals surface area contributed by atoms with Crippen LogP contribution >= 0.6 is 23.2 Å². The van der Waals surface area contributed by atoms with Crippen molar-refractivity contribution in [2.75, 3.05) is 6.54 Å². The van der Waals surface area contributed by atoms with Crippen LogP contribution in [0.5, 0.6) is 0 Å². The van der Waals surface area contributed by atoms with E-state index in [9.17, 15) is 0 Å². The lowest BCUT2D eigenvalue weighted by Gasteiger charge is -2.23. The van der Waals surface area contributed by atoms with Crippen molar-refractivity contribution in [3.63, 3.8) is 0 Å². The molecule has 1 aliphatic rings. The largest absolute Gasteiger partial charge is 0.313 e. The molecule has 2 rings (SSSR count). The average Bonchev–Trinajstić information content (AvgIpc) is 2.49. The van der Waals surface area contributed by atoms with Gasteiger partial charge in [0.15, 0.2) is 0 Å². The number of hydrogen-bond acceptors (Lipinski definition) is 1. The van der Waals surface area contributed by atoms with Gasteiger partial charge in [-0.3, -0.25) is 0 Å². The van der Waals surface area contributed by atoms with Gasteiger partial charge in [-0.2, -0.15) is 0 Å². The van der Waals surface area contributed by atoms with Crippen LogP contribution in [0.3, 0.4) is 0 Å². The molecule has 0 saturated carbocycles. The van der Waals surface area contributed by atoms with Gasteiger partial charge in [0.05, 0.1) is 0 Å². The quantitative estimate of drug-likeness (QED) is 0.625. The van der Waals surface area contributed by atoms with Crippen molar-refractivity contribution in [3.8, 4) is 0 Å². The molecule has 1 aliphatic carbocycles. The summed E-state index contributed by atoms with van der Waals surface area (Å²) in [6, 6.07) is 6.19. The SMILES string of the molecule is CCCNC(CC1=CCCCC1)Cc1c(Cl)cccc1Cl. The zero-order valence-corrected chi connectivity index (χ0v) is 14.3. The Morgan fingerprint density at radius 1 is 1.14 bits per heavy atom. The molecule has 1 aromatic carbocycles. The molecule has 1 nitrogen and oxygen atoms in total. The Hall–Kier alpha value is -0.500. The van der Waals surface area contributed by atoms with E-state index >= 15 is 0 Å². The number of nitrogens with one attached hydrogen (secondary N) is 1. The second-order valence-corrected chi connectivity index (χ2v) is 6.68. The fourth-order valence-electron chi connectivity index (χ4n) is 2.95. The summed E-state index contributed by atoms with van der Waals surface area (Å²) in [7, 11) is 0. The van der Waals surface area contributed by atoms with Crippen LogP contribution < -0.4 is 5.32 Å². The maximum Gasteiger partial charge on any atom is 0.0453 e. The van der Waals surface area contributed by atoms with Crippen molar-refractivity contribution < 1.29 is 0 Å². The fourth-order valence-corrected chi connectivity index (χ4v) is 3.50. The van der Waals surface area contributed by atoms with E-state index in [2.05, 4.69) is 18.3 Å². The van der Waals surface area contributed by atoms with Crippen molar-refractivity contribution in [1.29, 1.82) is 0 Å². The lowest BCUT2D eigenvalue weighted by molar-refractivity contribution is 0.490. The van der Waals surface area contributed by atoms with E-state index < -0.39 is 0 Å². The molecule has 0 radical (unpaired) electrons. The molecule has 21 heavy (non-hydrogen) atoms. The Labute approximate surface area is 138 Å². The van der Waals surface area contributed by atoms with Crippen LogP contribution in [0, 0.1) is 0 Å². The van der Waals surface area contributed by atoms with Gasteiger partial charge in [-0.1, -0.05) is 47.8 Å². The minimum Gasteiger partial charge on any atom is -0.313 e. The molecular formula is C18H25Cl2N. The van der Waals surface area contributed by atoms with Gasteiger partial charge in [0.1, 0.15) is 0 Å². The maximum absolute atomic E-state index is 6.32. The fraction of sp³-hybridized carbons (Fsp3) is 0.556. The second kappa shape index (κ2) is 8.82. The molecule has 1 N–H and O–H groups in total. The molecule has 1 aromatic rings. The van der Waals surface area contributed by atoms with Gasteiger partial charge in [-0.25, -0.2) is 0 Å². The molecule has 1 unspecified atom stereocenters. The highest BCUT2D eigenvalue weighted by Gasteiger charge is 2.16. The molecule has 0 heterocycles. The molecular weight excluding hydrogens is 301 g/mol. The molecule has 0 amide bonds. The Bertz CT molecular complexity index is 462. The molecule has 116 valence electrons. The highest BCUT2D eigenvalue weighted by Crippen LogP contribution is 2.28. The lowest BCUT2D eigenvalue weighted by atomic mass is 9.91. The van der Waals surface area contributed by atoms with Crippen LogP contribution in [0.25, 0.3) is 0 Å². The van der Waals surface area contributed by atoms with E-state index in [4.69, 9.17) is 23.2 Å². The van der Waals surface area contributed by atoms with Crippen molar-refractivity contribution >= 4 is 23.2 Å². The Balaban J connectivity index is 2.06. The highest BCUT2D eigenvalue weighted by molar-refractivity contribution is 6.36. The van der Waals surface area contributed by atoms with Gasteiger partial charge >= 0.3 is 0 Å². The first-order valence-electron chi connectivity index (χ1n) is 8.05. The molecule has 0 aliphatic heterocycles. The van der Waals surface area contributed by atoms with Gasteiger partial charge in [0, 0.05) is 16.1 Å². The molecule has 0 aromatic heterocycles. The van der Waals surface area contributed by atoms with E-state index in [0.29, 0.717) is 6.04 Å². The van der Waals surface area contributed by atoms with E-state index in [0.717, 1.165) is 41.4 Å². The third kappa shape index (κ3) is 5.32. The van der Waals surface area contributed by atoms with Crippen LogP contribution in [0.2, 0.25) is 10.0 Å². The van der Waals surface area contributed by atoms with Crippen molar-refractivity contribution in [1.82, 2.24) is 5.32 Å². The van der Waals surface area contributed by atoms with E-state index in [1.54, 1.807) is 5.57 Å². The van der Waals surface area contributed by atoms with Crippen LogP contribution in [0.15, 0.2) is 29.8 Å². The Kier molecular flexibility index (Phi) is 7.09. The van der Waals surface area contributed by atoms with Crippen molar-refractivity contribution in [2.24, 2.45) is 0 Å². The number of halogens is 2. The monoisotopic (exact) mass is 325 g/mol. The summed E-state index contributed by atoms with van der Waals surface area (Å²) < 4.78 is 0. The predicted molar refractivity (Wildman–Crippen MR) is 93.4 cm³/mol. The average molecular weight is 326 g/mol. The van der Waals surface area contributed by atoms with Gasteiger partial charge in [-0.05, 0) is 69.2 Å². The summed E-state index contributed by atoms with van der Waals surface area (Å²) in [5.41, 5.74) is 2.67. The molecule has 0 bridgehead atoms. The van der Waals surface area contributed by atoms with Crippen LogP contribution in [0.1, 0.15) is 51.0 Å². The van der Waals surface area contributed by atoms with Crippen molar-refractivity contribution in [3.05, 3.63) is 45.5 Å². The van der Waals surface area contributed by atoms with Crippen molar-refractivity contribution in [2.45, 2.75) is 57.9 Å². The first kappa shape index (κ1) is 16.9. The van der Waals surface area contributed by atoms with E-state index in [1.165, 1.54) is 25.7 Å². The molecule has 0 fully saturated rings. The van der Waals surface area contributed by atoms with Gasteiger partial charge in [-0.15, -0.1) is 0 Å². The standard InChI is InChI=1S/C18H25Cl2N/c1-2-11-21-15(12-14-7-4-3-5-8-14)13-16-17(19)9-6-10-18(16)20/h6-7,9-10,15,21H,2-5,8,11-13H2,1H3. The van der Waals surface area contributed by atoms with E-state index in [1.807, 2.05) is 18.2 Å². The van der Waals surface area contributed by atoms with Crippen LogP contribution in [-0.4, -0.2) is 12.6 Å². The summed E-state index contributed by atoms with van der Waals surface area (Å²) >= 11 is 12.6. The normalized spacial score (nSPS) is 16.6. The predicted octanol–water partition coefficient (Wildman–Crippen LogP) is 5.79. The Morgan fingerprint density at radius 2 is 1.90 bits per heavy atom. The molecule has 0 spiro atoms. The zero-order chi connectivity index (χ0) is 15.1. The third-order valence-electron chi connectivity index (χ3n) is 4.09. The first-order chi connectivity index (χ1) is 10.2. The summed E-state index contributed by atoms with van der Waals surface area (Å²) in [4.78, 5) is 0. The zero-order valence-electron chi connectivity index (χ0n) is 12.8. The molecule has 3 heteroatoms. The summed E-state index contributed by atoms with van der Waals surface area (Å²) in [6.45, 7) is 3.24. The first-order valence-corrected chi connectivity index (χ1v) is 8.80. The lowest BCUT2D eigenvalue weighted by Crippen LogP contribution is -2.32. The third-order valence-corrected chi connectivity index (χ3v) is 4.80. The number of hydrogen-bond donors (Lipinski definition) is 1. The number of rotatable bonds is 7. The smallest absolute Gasteiger partial charge is 0.0453 e. The van der Waals surface area contributed by atoms with Gasteiger partial charge < -0.3 is 5.32 Å². The second-order valence-electron chi connectivity index (χ2n) is 5.87. The minimum atomic E-state index is 0.423. The van der Waals surface area contributed by atoms with Crippen LogP contribution in [0.4, 0.5) is 0 Å². The van der Waals surface area contributed by atoms with Gasteiger partial charge in [0.2, 0.25) is 0 Å². The van der Waals surface area contributed by atoms with Gasteiger partial charge in [0.25, 0.3) is 0 Å². The Morgan fingerprint density at radius 3 is 2.52 bits per heavy atom.